The molecular weight excluding hydrogens is 314 g/mol. The fourth-order valence-electron chi connectivity index (χ4n) is 3.65. The third-order valence-corrected chi connectivity index (χ3v) is 4.72. The third-order valence-electron chi connectivity index (χ3n) is 4.72. The lowest BCUT2D eigenvalue weighted by molar-refractivity contribution is 0.140. The highest BCUT2D eigenvalue weighted by Gasteiger charge is 2.35. The average Bonchev–Trinajstić information content (AvgIpc) is 3.16. The molecule has 4 heteroatoms. The average molecular weight is 331 g/mol. The second-order valence-electron chi connectivity index (χ2n) is 7.11. The van der Waals surface area contributed by atoms with Crippen LogP contribution >= 0.6 is 0 Å². The zero-order chi connectivity index (χ0) is 17.2. The summed E-state index contributed by atoms with van der Waals surface area (Å²) in [4.78, 5) is 4.71. The fraction of sp³-hybridized carbons (Fsp3) is 0.190. The van der Waals surface area contributed by atoms with Crippen LogP contribution in [0.1, 0.15) is 19.4 Å². The van der Waals surface area contributed by atoms with Crippen LogP contribution in [0.5, 0.6) is 11.5 Å². The summed E-state index contributed by atoms with van der Waals surface area (Å²) in [7, 11) is 0. The molecule has 5 rings (SSSR count). The summed E-state index contributed by atoms with van der Waals surface area (Å²) in [6.45, 7) is 4.15. The van der Waals surface area contributed by atoms with E-state index in [0.717, 1.165) is 39.6 Å². The zero-order valence-electron chi connectivity index (χ0n) is 14.0. The molecule has 4 aromatic rings. The minimum atomic E-state index is -0.277. The number of aromatic hydroxyl groups is 1. The first kappa shape index (κ1) is 14.3. The molecule has 1 N–H and O–H groups in total. The Balaban J connectivity index is 1.88. The molecule has 0 spiro atoms. The first-order chi connectivity index (χ1) is 12.0. The van der Waals surface area contributed by atoms with Gasteiger partial charge in [0.15, 0.2) is 5.58 Å². The molecule has 1 aliphatic rings. The van der Waals surface area contributed by atoms with Gasteiger partial charge in [0.25, 0.3) is 0 Å². The van der Waals surface area contributed by atoms with Crippen molar-refractivity contribution in [2.24, 2.45) is 0 Å². The second kappa shape index (κ2) is 4.76. The second-order valence-corrected chi connectivity index (χ2v) is 7.11. The van der Waals surface area contributed by atoms with E-state index in [4.69, 9.17) is 14.1 Å². The van der Waals surface area contributed by atoms with Crippen molar-refractivity contribution in [2.45, 2.75) is 25.9 Å². The Morgan fingerprint density at radius 1 is 1.00 bits per heavy atom. The van der Waals surface area contributed by atoms with E-state index < -0.39 is 0 Å². The number of nitrogens with zero attached hydrogens (tertiary/aromatic N) is 1. The van der Waals surface area contributed by atoms with E-state index in [9.17, 15) is 5.11 Å². The van der Waals surface area contributed by atoms with Gasteiger partial charge in [0, 0.05) is 22.8 Å². The minimum Gasteiger partial charge on any atom is -0.507 e. The van der Waals surface area contributed by atoms with Crippen LogP contribution in [-0.2, 0) is 6.42 Å². The van der Waals surface area contributed by atoms with E-state index in [-0.39, 0.29) is 11.4 Å². The van der Waals surface area contributed by atoms with Gasteiger partial charge in [-0.3, -0.25) is 0 Å². The Kier molecular flexibility index (Phi) is 2.73. The maximum Gasteiger partial charge on any atom is 0.231 e. The third kappa shape index (κ3) is 2.03. The van der Waals surface area contributed by atoms with Crippen LogP contribution in [0.4, 0.5) is 0 Å². The summed E-state index contributed by atoms with van der Waals surface area (Å²) in [5, 5.41) is 12.2. The van der Waals surface area contributed by atoms with Crippen molar-refractivity contribution in [2.75, 3.05) is 0 Å². The Bertz CT molecular complexity index is 1140. The molecule has 1 aromatic heterocycles. The highest BCUT2D eigenvalue weighted by Crippen LogP contribution is 2.46. The largest absolute Gasteiger partial charge is 0.507 e. The van der Waals surface area contributed by atoms with Gasteiger partial charge in [0.2, 0.25) is 5.89 Å². The normalized spacial score (nSPS) is 15.4. The summed E-state index contributed by atoms with van der Waals surface area (Å²) in [5.41, 5.74) is 2.93. The van der Waals surface area contributed by atoms with E-state index in [1.807, 2.05) is 30.3 Å². The van der Waals surface area contributed by atoms with Gasteiger partial charge in [0.05, 0.1) is 5.56 Å². The number of phenols is 1. The maximum atomic E-state index is 10.2. The lowest BCUT2D eigenvalue weighted by Crippen LogP contribution is -2.24. The van der Waals surface area contributed by atoms with Crippen LogP contribution < -0.4 is 4.74 Å². The van der Waals surface area contributed by atoms with Crippen molar-refractivity contribution in [3.8, 4) is 23.0 Å². The maximum absolute atomic E-state index is 10.2. The molecule has 2 heterocycles. The Morgan fingerprint density at radius 2 is 1.72 bits per heavy atom. The summed E-state index contributed by atoms with van der Waals surface area (Å²) < 4.78 is 12.3. The number of oxazole rings is 1. The van der Waals surface area contributed by atoms with Gasteiger partial charge in [-0.2, -0.15) is 0 Å². The molecule has 0 amide bonds. The lowest BCUT2D eigenvalue weighted by atomic mass is 9.98. The number of ether oxygens (including phenoxy) is 1. The van der Waals surface area contributed by atoms with Gasteiger partial charge < -0.3 is 14.3 Å². The van der Waals surface area contributed by atoms with Crippen LogP contribution in [0, 0.1) is 0 Å². The Labute approximate surface area is 144 Å². The molecule has 3 aromatic carbocycles. The van der Waals surface area contributed by atoms with Crippen molar-refractivity contribution >= 4 is 21.9 Å². The highest BCUT2D eigenvalue weighted by atomic mass is 16.5. The highest BCUT2D eigenvalue weighted by molar-refractivity contribution is 6.09. The van der Waals surface area contributed by atoms with Gasteiger partial charge in [-0.1, -0.05) is 36.4 Å². The van der Waals surface area contributed by atoms with Gasteiger partial charge in [0.1, 0.15) is 22.6 Å². The molecule has 4 nitrogen and oxygen atoms in total. The van der Waals surface area contributed by atoms with Crippen molar-refractivity contribution in [1.82, 2.24) is 4.98 Å². The number of hydrogen-bond acceptors (Lipinski definition) is 4. The molecule has 0 fully saturated rings. The van der Waals surface area contributed by atoms with Crippen molar-refractivity contribution in [1.29, 1.82) is 0 Å². The minimum absolute atomic E-state index is 0.159. The summed E-state index contributed by atoms with van der Waals surface area (Å²) in [5.74, 6) is 1.47. The summed E-state index contributed by atoms with van der Waals surface area (Å²) >= 11 is 0. The van der Waals surface area contributed by atoms with E-state index in [1.54, 1.807) is 12.1 Å². The molecule has 25 heavy (non-hydrogen) atoms. The number of para-hydroxylation sites is 1. The molecule has 0 aliphatic carbocycles. The van der Waals surface area contributed by atoms with Crippen molar-refractivity contribution in [3.63, 3.8) is 0 Å². The number of rotatable bonds is 1. The van der Waals surface area contributed by atoms with Crippen LogP contribution in [0.2, 0.25) is 0 Å². The standard InChI is InChI=1S/C21H17NO3/c1-21(2)11-15-18(25-21)13-8-4-3-7-12(13)17-19(15)24-20(22-17)14-9-5-6-10-16(14)23/h3-10,23H,11H2,1-2H3. The van der Waals surface area contributed by atoms with Crippen molar-refractivity contribution < 1.29 is 14.3 Å². The monoisotopic (exact) mass is 331 g/mol. The molecule has 0 bridgehead atoms. The number of fused-ring (bicyclic) bond motifs is 6. The van der Waals surface area contributed by atoms with Crippen LogP contribution in [0.15, 0.2) is 52.9 Å². The zero-order valence-corrected chi connectivity index (χ0v) is 14.0. The molecule has 0 atom stereocenters. The number of hydrogen-bond donors (Lipinski definition) is 1. The molecule has 0 saturated heterocycles. The fourth-order valence-corrected chi connectivity index (χ4v) is 3.65. The summed E-state index contributed by atoms with van der Waals surface area (Å²) in [6, 6.07) is 15.2. The molecule has 0 radical (unpaired) electrons. The van der Waals surface area contributed by atoms with E-state index in [1.165, 1.54) is 0 Å². The lowest BCUT2D eigenvalue weighted by Gasteiger charge is -2.17. The first-order valence-corrected chi connectivity index (χ1v) is 8.35. The van der Waals surface area contributed by atoms with E-state index in [0.29, 0.717) is 11.5 Å². The number of phenolic OH excluding ortho intramolecular Hbond substituents is 1. The van der Waals surface area contributed by atoms with Crippen LogP contribution in [0.3, 0.4) is 0 Å². The van der Waals surface area contributed by atoms with Crippen LogP contribution in [0.25, 0.3) is 33.3 Å². The molecule has 0 saturated carbocycles. The molecule has 124 valence electrons. The topological polar surface area (TPSA) is 55.5 Å². The molecule has 0 unspecified atom stereocenters. The quantitative estimate of drug-likeness (QED) is 0.529. The van der Waals surface area contributed by atoms with E-state index in [2.05, 4.69) is 19.9 Å². The predicted molar refractivity (Wildman–Crippen MR) is 97.0 cm³/mol. The van der Waals surface area contributed by atoms with Gasteiger partial charge in [-0.05, 0) is 26.0 Å². The molecular formula is C21H17NO3. The van der Waals surface area contributed by atoms with Gasteiger partial charge in [-0.25, -0.2) is 4.98 Å². The van der Waals surface area contributed by atoms with Crippen LogP contribution in [-0.4, -0.2) is 15.7 Å². The van der Waals surface area contributed by atoms with E-state index >= 15 is 0 Å². The smallest absolute Gasteiger partial charge is 0.231 e. The number of benzene rings is 3. The van der Waals surface area contributed by atoms with Gasteiger partial charge in [-0.15, -0.1) is 0 Å². The molecule has 1 aliphatic heterocycles. The predicted octanol–water partition coefficient (Wildman–Crippen LogP) is 5.07. The SMILES string of the molecule is CC1(C)Cc2c(c3ccccc3c3nc(-c4ccccc4O)oc23)O1. The number of aromatic nitrogens is 1. The Morgan fingerprint density at radius 3 is 2.52 bits per heavy atom. The summed E-state index contributed by atoms with van der Waals surface area (Å²) in [6.07, 6.45) is 0.763. The van der Waals surface area contributed by atoms with Crippen molar-refractivity contribution in [3.05, 3.63) is 54.1 Å². The first-order valence-electron chi connectivity index (χ1n) is 8.35. The Hall–Kier alpha value is -3.01. The van der Waals surface area contributed by atoms with Gasteiger partial charge >= 0.3 is 0 Å².